The Labute approximate surface area is 147 Å². The van der Waals surface area contributed by atoms with E-state index in [2.05, 4.69) is 16.5 Å². The first-order valence-electron chi connectivity index (χ1n) is 9.76. The molecule has 5 heteroatoms. The Morgan fingerprint density at radius 3 is 1.42 bits per heavy atom. The van der Waals surface area contributed by atoms with Crippen molar-refractivity contribution >= 4 is 12.1 Å². The van der Waals surface area contributed by atoms with Crippen LogP contribution in [0.4, 0.5) is 4.79 Å². The van der Waals surface area contributed by atoms with Crippen molar-refractivity contribution in [1.82, 2.24) is 0 Å². The second kappa shape index (κ2) is 18.2. The molecule has 0 aromatic rings. The first-order chi connectivity index (χ1) is 11.7. The van der Waals surface area contributed by atoms with Gasteiger partial charge >= 0.3 is 12.1 Å². The lowest BCUT2D eigenvalue weighted by Crippen LogP contribution is -2.11. The number of ether oxygens (including phenoxy) is 1. The van der Waals surface area contributed by atoms with Crippen molar-refractivity contribution in [3.05, 3.63) is 0 Å². The molecule has 0 amide bonds. The largest absolute Gasteiger partial charge is 0.548 e. The topological polar surface area (TPSA) is 72.8 Å². The van der Waals surface area contributed by atoms with Gasteiger partial charge in [-0.05, 0) is 6.42 Å². The van der Waals surface area contributed by atoms with Crippen LogP contribution in [0.3, 0.4) is 0 Å². The Morgan fingerprint density at radius 2 is 1.04 bits per heavy atom. The van der Waals surface area contributed by atoms with E-state index in [0.29, 0.717) is 6.42 Å². The summed E-state index contributed by atoms with van der Waals surface area (Å²) in [7, 11) is 0. The van der Waals surface area contributed by atoms with E-state index in [4.69, 9.17) is 5.26 Å². The van der Waals surface area contributed by atoms with Gasteiger partial charge in [0.2, 0.25) is 0 Å². The zero-order chi connectivity index (χ0) is 17.9. The van der Waals surface area contributed by atoms with Crippen LogP contribution in [-0.4, -0.2) is 17.4 Å². The molecule has 0 radical (unpaired) electrons. The van der Waals surface area contributed by atoms with Crippen LogP contribution < -0.4 is 0 Å². The number of esters is 1. The minimum Gasteiger partial charge on any atom is -0.359 e. The minimum absolute atomic E-state index is 0.188. The molecule has 0 fully saturated rings. The smallest absolute Gasteiger partial charge is 0.359 e. The highest BCUT2D eigenvalue weighted by Gasteiger charge is 2.10. The lowest BCUT2D eigenvalue weighted by Gasteiger charge is -2.03. The normalized spacial score (nSPS) is 10.6. The summed E-state index contributed by atoms with van der Waals surface area (Å²) in [4.78, 5) is 24.8. The Hall–Kier alpha value is -1.10. The minimum atomic E-state index is -1.36. The summed E-state index contributed by atoms with van der Waals surface area (Å²) in [5.41, 5.74) is 0. The van der Waals surface area contributed by atoms with Crippen LogP contribution in [0.2, 0.25) is 0 Å². The lowest BCUT2D eigenvalue weighted by atomic mass is 10.0. The third-order valence-corrected chi connectivity index (χ3v) is 4.26. The van der Waals surface area contributed by atoms with Gasteiger partial charge in [-0.3, -0.25) is 9.68 Å². The van der Waals surface area contributed by atoms with E-state index in [1.54, 1.807) is 0 Å². The van der Waals surface area contributed by atoms with Gasteiger partial charge in [0.15, 0.2) is 0 Å². The van der Waals surface area contributed by atoms with Gasteiger partial charge in [-0.2, -0.15) is 5.26 Å². The second-order valence-electron chi connectivity index (χ2n) is 6.52. The van der Waals surface area contributed by atoms with E-state index in [0.717, 1.165) is 12.8 Å². The molecule has 0 saturated carbocycles. The average molecular weight is 344 g/mol. The quantitative estimate of drug-likeness (QED) is 0.115. The van der Waals surface area contributed by atoms with E-state index in [9.17, 15) is 9.59 Å². The van der Waals surface area contributed by atoms with Crippen LogP contribution >= 0.6 is 0 Å². The monoisotopic (exact) mass is 344 g/mol. The first-order valence-corrected chi connectivity index (χ1v) is 9.76. The SMILES string of the molecule is CCCCCCCCCCCCCCCCCC(=O)OC(=O)OO. The van der Waals surface area contributed by atoms with Gasteiger partial charge in [0.25, 0.3) is 0 Å². The standard InChI is InChI=1S/C19H36O5/c1-2-3-4-5-6-7-8-9-10-11-12-13-14-15-16-17-18(20)23-19(21)24-22/h22H,2-17H2,1H3. The van der Waals surface area contributed by atoms with E-state index in [-0.39, 0.29) is 6.42 Å². The van der Waals surface area contributed by atoms with Gasteiger partial charge in [-0.15, -0.1) is 0 Å². The third kappa shape index (κ3) is 17.3. The number of carbonyl (C=O) groups excluding carboxylic acids is 2. The maximum atomic E-state index is 11.1. The molecule has 0 spiro atoms. The predicted octanol–water partition coefficient (Wildman–Crippen LogP) is 6.40. The van der Waals surface area contributed by atoms with Crippen LogP contribution in [-0.2, 0) is 14.4 Å². The molecule has 24 heavy (non-hydrogen) atoms. The predicted molar refractivity (Wildman–Crippen MR) is 94.7 cm³/mol. The Morgan fingerprint density at radius 1 is 0.667 bits per heavy atom. The van der Waals surface area contributed by atoms with Gasteiger partial charge in [0.05, 0.1) is 0 Å². The molecule has 0 saturated heterocycles. The summed E-state index contributed by atoms with van der Waals surface area (Å²) < 4.78 is 4.17. The number of hydrogen-bond donors (Lipinski definition) is 1. The number of carbonyl (C=O) groups is 2. The maximum Gasteiger partial charge on any atom is 0.548 e. The molecule has 0 aromatic carbocycles. The summed E-state index contributed by atoms with van der Waals surface area (Å²) in [6, 6.07) is 0. The Balaban J connectivity index is 3.12. The summed E-state index contributed by atoms with van der Waals surface area (Å²) >= 11 is 0. The molecular formula is C19H36O5. The maximum absolute atomic E-state index is 11.1. The number of rotatable bonds is 16. The van der Waals surface area contributed by atoms with Crippen molar-refractivity contribution in [3.8, 4) is 0 Å². The molecule has 0 aliphatic heterocycles. The second-order valence-corrected chi connectivity index (χ2v) is 6.52. The van der Waals surface area contributed by atoms with Crippen molar-refractivity contribution in [3.63, 3.8) is 0 Å². The van der Waals surface area contributed by atoms with Gasteiger partial charge in [0, 0.05) is 6.42 Å². The molecule has 5 nitrogen and oxygen atoms in total. The summed E-state index contributed by atoms with van der Waals surface area (Å²) in [6.45, 7) is 2.25. The third-order valence-electron chi connectivity index (χ3n) is 4.26. The van der Waals surface area contributed by atoms with Gasteiger partial charge in [-0.25, -0.2) is 4.79 Å². The van der Waals surface area contributed by atoms with E-state index in [1.807, 2.05) is 0 Å². The lowest BCUT2D eigenvalue weighted by molar-refractivity contribution is -0.202. The highest BCUT2D eigenvalue weighted by molar-refractivity contribution is 5.81. The molecule has 0 heterocycles. The Bertz CT molecular complexity index is 304. The van der Waals surface area contributed by atoms with Crippen LogP contribution in [0.5, 0.6) is 0 Å². The Kier molecular flexibility index (Phi) is 17.4. The van der Waals surface area contributed by atoms with Crippen molar-refractivity contribution in [2.75, 3.05) is 0 Å². The molecule has 0 aromatic heterocycles. The van der Waals surface area contributed by atoms with E-state index in [1.165, 1.54) is 77.0 Å². The zero-order valence-electron chi connectivity index (χ0n) is 15.4. The molecule has 0 aliphatic rings. The average Bonchev–Trinajstić information content (AvgIpc) is 2.58. The number of hydrogen-bond acceptors (Lipinski definition) is 5. The van der Waals surface area contributed by atoms with E-state index >= 15 is 0 Å². The highest BCUT2D eigenvalue weighted by Crippen LogP contribution is 2.13. The number of unbranched alkanes of at least 4 members (excludes halogenated alkanes) is 14. The molecule has 0 rings (SSSR count). The summed E-state index contributed by atoms with van der Waals surface area (Å²) in [6.07, 6.45) is 17.8. The first kappa shape index (κ1) is 22.9. The van der Waals surface area contributed by atoms with Crippen LogP contribution in [0, 0.1) is 0 Å². The van der Waals surface area contributed by atoms with E-state index < -0.39 is 12.1 Å². The van der Waals surface area contributed by atoms with Gasteiger partial charge in [-0.1, -0.05) is 96.8 Å². The van der Waals surface area contributed by atoms with Gasteiger partial charge < -0.3 is 4.74 Å². The fraction of sp³-hybridized carbons (Fsp3) is 0.895. The van der Waals surface area contributed by atoms with Crippen LogP contribution in [0.15, 0.2) is 0 Å². The zero-order valence-corrected chi connectivity index (χ0v) is 15.4. The molecular weight excluding hydrogens is 308 g/mol. The van der Waals surface area contributed by atoms with Crippen LogP contribution in [0.25, 0.3) is 0 Å². The summed E-state index contributed by atoms with van der Waals surface area (Å²) in [5.74, 6) is -0.649. The molecule has 142 valence electrons. The van der Waals surface area contributed by atoms with Crippen molar-refractivity contribution in [1.29, 1.82) is 0 Å². The fourth-order valence-corrected chi connectivity index (χ4v) is 2.80. The van der Waals surface area contributed by atoms with Crippen molar-refractivity contribution in [2.24, 2.45) is 0 Å². The van der Waals surface area contributed by atoms with Crippen molar-refractivity contribution in [2.45, 2.75) is 110 Å². The molecule has 1 N–H and O–H groups in total. The molecule has 0 aliphatic carbocycles. The fourth-order valence-electron chi connectivity index (χ4n) is 2.80. The molecule has 0 atom stereocenters. The molecule has 0 unspecified atom stereocenters. The highest BCUT2D eigenvalue weighted by atomic mass is 17.1. The van der Waals surface area contributed by atoms with Gasteiger partial charge in [0.1, 0.15) is 0 Å². The van der Waals surface area contributed by atoms with Crippen molar-refractivity contribution < 1.29 is 24.5 Å². The molecule has 0 bridgehead atoms. The summed E-state index contributed by atoms with van der Waals surface area (Å²) in [5, 5.41) is 7.96. The van der Waals surface area contributed by atoms with Crippen LogP contribution in [0.1, 0.15) is 110 Å².